The lowest BCUT2D eigenvalue weighted by Crippen LogP contribution is -2.31. The molecule has 1 fully saturated rings. The van der Waals surface area contributed by atoms with Crippen molar-refractivity contribution in [2.24, 2.45) is 0 Å². The van der Waals surface area contributed by atoms with Crippen LogP contribution in [0.5, 0.6) is 5.75 Å². The highest BCUT2D eigenvalue weighted by Gasteiger charge is 2.18. The Morgan fingerprint density at radius 3 is 2.71 bits per heavy atom. The summed E-state index contributed by atoms with van der Waals surface area (Å²) in [5, 5.41) is 19.3. The van der Waals surface area contributed by atoms with Crippen LogP contribution in [0.4, 0.5) is 5.82 Å². The molecule has 3 aromatic rings. The van der Waals surface area contributed by atoms with E-state index >= 15 is 0 Å². The molecule has 1 amide bonds. The van der Waals surface area contributed by atoms with Gasteiger partial charge in [0.05, 0.1) is 30.6 Å². The number of piperidine rings is 1. The number of aromatic amines is 1. The summed E-state index contributed by atoms with van der Waals surface area (Å²) in [5.74, 6) is 1.36. The second kappa shape index (κ2) is 7.84. The topological polar surface area (TPSA) is 96.0 Å². The average molecular weight is 380 g/mol. The second-order valence-electron chi connectivity index (χ2n) is 7.03. The Bertz CT molecular complexity index is 962. The maximum absolute atomic E-state index is 12.8. The van der Waals surface area contributed by atoms with Gasteiger partial charge in [0.15, 0.2) is 5.82 Å². The van der Waals surface area contributed by atoms with Gasteiger partial charge >= 0.3 is 0 Å². The molecule has 1 aliphatic heterocycles. The molecule has 0 spiro atoms. The minimum Gasteiger partial charge on any atom is -0.494 e. The number of anilines is 1. The lowest BCUT2D eigenvalue weighted by molar-refractivity contribution is 0.0940. The summed E-state index contributed by atoms with van der Waals surface area (Å²) in [5.41, 5.74) is 1.97. The molecule has 1 unspecified atom stereocenters. The van der Waals surface area contributed by atoms with Crippen LogP contribution >= 0.6 is 0 Å². The number of methoxy groups -OCH3 is 1. The molecule has 2 N–H and O–H groups in total. The van der Waals surface area contributed by atoms with E-state index in [1.165, 1.54) is 19.3 Å². The molecule has 8 heteroatoms. The Kier molecular flexibility index (Phi) is 5.10. The lowest BCUT2D eigenvalue weighted by Gasteiger charge is -2.27. The first kappa shape index (κ1) is 18.2. The highest BCUT2D eigenvalue weighted by atomic mass is 16.5. The zero-order valence-electron chi connectivity index (χ0n) is 16.1. The Morgan fingerprint density at radius 1 is 1.18 bits per heavy atom. The van der Waals surface area contributed by atoms with Gasteiger partial charge in [0.1, 0.15) is 11.3 Å². The van der Waals surface area contributed by atoms with E-state index in [4.69, 9.17) is 4.74 Å². The summed E-state index contributed by atoms with van der Waals surface area (Å²) in [6.45, 7) is 3.95. The molecule has 1 aromatic carbocycles. The number of aromatic nitrogens is 4. The van der Waals surface area contributed by atoms with Crippen molar-refractivity contribution < 1.29 is 9.53 Å². The summed E-state index contributed by atoms with van der Waals surface area (Å²) in [6.07, 6.45) is 5.30. The third-order valence-corrected chi connectivity index (χ3v) is 5.18. The van der Waals surface area contributed by atoms with Crippen LogP contribution in [0.2, 0.25) is 0 Å². The Hall–Kier alpha value is -3.16. The Balaban J connectivity index is 1.48. The number of carbonyl (C=O) groups excluding carboxylic acids is 1. The van der Waals surface area contributed by atoms with Crippen LogP contribution in [0.15, 0.2) is 30.5 Å². The smallest absolute Gasteiger partial charge is 0.252 e. The fraction of sp³-hybridized carbons (Fsp3) is 0.400. The molecule has 4 rings (SSSR count). The number of carbonyl (C=O) groups is 1. The van der Waals surface area contributed by atoms with Gasteiger partial charge in [-0.25, -0.2) is 0 Å². The standard InChI is InChI=1S/C20H24N6O2/c1-13(16-7-9-18(24-23-16)26-10-4-3-5-11-26)22-20(27)14-6-8-17(28-2)19-15(14)12-21-25-19/h6-9,12-13H,3-5,10-11H2,1-2H3,(H,21,25)(H,22,27). The van der Waals surface area contributed by atoms with E-state index in [2.05, 4.69) is 30.6 Å². The summed E-state index contributed by atoms with van der Waals surface area (Å²) < 4.78 is 5.31. The van der Waals surface area contributed by atoms with Gasteiger partial charge in [-0.2, -0.15) is 10.2 Å². The molecule has 1 aliphatic rings. The van der Waals surface area contributed by atoms with Crippen molar-refractivity contribution in [1.29, 1.82) is 0 Å². The van der Waals surface area contributed by atoms with Gasteiger partial charge in [-0.3, -0.25) is 9.89 Å². The number of amides is 1. The molecule has 0 aliphatic carbocycles. The SMILES string of the molecule is COc1ccc(C(=O)NC(C)c2ccc(N3CCCCC3)nn2)c2cn[nH]c12. The zero-order valence-corrected chi connectivity index (χ0v) is 16.1. The number of nitrogens with zero attached hydrogens (tertiary/aromatic N) is 4. The highest BCUT2D eigenvalue weighted by molar-refractivity contribution is 6.07. The molecule has 0 saturated carbocycles. The van der Waals surface area contributed by atoms with Gasteiger partial charge < -0.3 is 15.0 Å². The number of rotatable bonds is 5. The summed E-state index contributed by atoms with van der Waals surface area (Å²) in [7, 11) is 1.59. The number of hydrogen-bond acceptors (Lipinski definition) is 6. The fourth-order valence-corrected chi connectivity index (χ4v) is 3.58. The van der Waals surface area contributed by atoms with Crippen molar-refractivity contribution in [3.05, 3.63) is 41.7 Å². The molecular weight excluding hydrogens is 356 g/mol. The molecular formula is C20H24N6O2. The molecule has 28 heavy (non-hydrogen) atoms. The van der Waals surface area contributed by atoms with Crippen molar-refractivity contribution in [3.8, 4) is 5.75 Å². The Labute approximate surface area is 163 Å². The van der Waals surface area contributed by atoms with Crippen molar-refractivity contribution in [3.63, 3.8) is 0 Å². The van der Waals surface area contributed by atoms with Crippen LogP contribution in [-0.2, 0) is 0 Å². The third kappa shape index (κ3) is 3.49. The molecule has 146 valence electrons. The van der Waals surface area contributed by atoms with Crippen molar-refractivity contribution in [2.45, 2.75) is 32.2 Å². The molecule has 3 heterocycles. The fourth-order valence-electron chi connectivity index (χ4n) is 3.58. The number of ether oxygens (including phenoxy) is 1. The van der Waals surface area contributed by atoms with Crippen molar-refractivity contribution in [2.75, 3.05) is 25.1 Å². The monoisotopic (exact) mass is 380 g/mol. The average Bonchev–Trinajstić information content (AvgIpc) is 3.23. The zero-order chi connectivity index (χ0) is 19.5. The number of benzene rings is 1. The maximum Gasteiger partial charge on any atom is 0.252 e. The van der Waals surface area contributed by atoms with Gasteiger partial charge in [0.2, 0.25) is 0 Å². The highest BCUT2D eigenvalue weighted by Crippen LogP contribution is 2.27. The number of nitrogens with one attached hydrogen (secondary N) is 2. The molecule has 1 atom stereocenters. The van der Waals surface area contributed by atoms with Crippen LogP contribution < -0.4 is 15.0 Å². The summed E-state index contributed by atoms with van der Waals surface area (Å²) in [4.78, 5) is 15.1. The Morgan fingerprint density at radius 2 is 2.00 bits per heavy atom. The van der Waals surface area contributed by atoms with Crippen molar-refractivity contribution in [1.82, 2.24) is 25.7 Å². The van der Waals surface area contributed by atoms with E-state index in [0.29, 0.717) is 16.8 Å². The van der Waals surface area contributed by atoms with Crippen LogP contribution in [0.3, 0.4) is 0 Å². The first-order valence-corrected chi connectivity index (χ1v) is 9.57. The van der Waals surface area contributed by atoms with Gasteiger partial charge in [0, 0.05) is 18.5 Å². The minimum absolute atomic E-state index is 0.191. The summed E-state index contributed by atoms with van der Waals surface area (Å²) >= 11 is 0. The first-order chi connectivity index (χ1) is 13.7. The van der Waals surface area contributed by atoms with Gasteiger partial charge in [-0.05, 0) is 50.5 Å². The normalized spacial score (nSPS) is 15.4. The molecule has 2 aromatic heterocycles. The molecule has 1 saturated heterocycles. The number of fused-ring (bicyclic) bond motifs is 1. The molecule has 0 radical (unpaired) electrons. The predicted molar refractivity (Wildman–Crippen MR) is 107 cm³/mol. The largest absolute Gasteiger partial charge is 0.494 e. The van der Waals surface area contributed by atoms with E-state index in [0.717, 1.165) is 30.0 Å². The van der Waals surface area contributed by atoms with E-state index < -0.39 is 0 Å². The van der Waals surface area contributed by atoms with Gasteiger partial charge in [-0.1, -0.05) is 0 Å². The van der Waals surface area contributed by atoms with E-state index in [1.54, 1.807) is 25.4 Å². The number of H-pyrrole nitrogens is 1. The predicted octanol–water partition coefficient (Wildman–Crippen LogP) is 2.84. The second-order valence-corrected chi connectivity index (χ2v) is 7.03. The van der Waals surface area contributed by atoms with E-state index in [9.17, 15) is 4.79 Å². The lowest BCUT2D eigenvalue weighted by atomic mass is 10.1. The minimum atomic E-state index is -0.264. The quantitative estimate of drug-likeness (QED) is 0.707. The molecule has 0 bridgehead atoms. The maximum atomic E-state index is 12.8. The van der Waals surface area contributed by atoms with Crippen LogP contribution in [0, 0.1) is 0 Å². The first-order valence-electron chi connectivity index (χ1n) is 9.57. The van der Waals surface area contributed by atoms with Crippen LogP contribution in [-0.4, -0.2) is 46.5 Å². The number of hydrogen-bond donors (Lipinski definition) is 2. The molecule has 8 nitrogen and oxygen atoms in total. The van der Waals surface area contributed by atoms with E-state index in [1.807, 2.05) is 19.1 Å². The van der Waals surface area contributed by atoms with Crippen LogP contribution in [0.25, 0.3) is 10.9 Å². The van der Waals surface area contributed by atoms with Crippen LogP contribution in [0.1, 0.15) is 48.3 Å². The van der Waals surface area contributed by atoms with Gasteiger partial charge in [-0.15, -0.1) is 5.10 Å². The third-order valence-electron chi connectivity index (χ3n) is 5.18. The van der Waals surface area contributed by atoms with Crippen molar-refractivity contribution >= 4 is 22.6 Å². The van der Waals surface area contributed by atoms with Gasteiger partial charge in [0.25, 0.3) is 5.91 Å². The summed E-state index contributed by atoms with van der Waals surface area (Å²) in [6, 6.07) is 7.15. The van der Waals surface area contributed by atoms with E-state index in [-0.39, 0.29) is 11.9 Å².